The summed E-state index contributed by atoms with van der Waals surface area (Å²) in [5.74, 6) is -0.424. The lowest BCUT2D eigenvalue weighted by Crippen LogP contribution is -2.29. The number of hydrogen-bond acceptors (Lipinski definition) is 7. The zero-order valence-corrected chi connectivity index (χ0v) is 20.1. The summed E-state index contributed by atoms with van der Waals surface area (Å²) in [4.78, 5) is 46.0. The van der Waals surface area contributed by atoms with Crippen molar-refractivity contribution < 1.29 is 14.7 Å². The Morgan fingerprint density at radius 3 is 2.70 bits per heavy atom. The van der Waals surface area contributed by atoms with Crippen LogP contribution in [-0.4, -0.2) is 55.2 Å². The van der Waals surface area contributed by atoms with Crippen LogP contribution in [0.4, 0.5) is 5.82 Å². The van der Waals surface area contributed by atoms with Crippen LogP contribution in [0.3, 0.4) is 0 Å². The number of thiocarbonyl (C=S) groups is 1. The van der Waals surface area contributed by atoms with E-state index in [4.69, 9.17) is 22.3 Å². The topological polar surface area (TPSA) is 95.2 Å². The van der Waals surface area contributed by atoms with E-state index in [0.717, 1.165) is 31.5 Å². The summed E-state index contributed by atoms with van der Waals surface area (Å²) in [5.41, 5.74) is 1.73. The average Bonchev–Trinajstić information content (AvgIpc) is 3.39. The normalized spacial score (nSPS) is 17.7. The summed E-state index contributed by atoms with van der Waals surface area (Å²) in [6.07, 6.45) is 7.55. The number of carboxylic acids is 1. The Balaban J connectivity index is 1.63. The highest BCUT2D eigenvalue weighted by molar-refractivity contribution is 8.26. The molecule has 0 bridgehead atoms. The number of fused-ring (bicyclic) bond motifs is 1. The quantitative estimate of drug-likeness (QED) is 0.344. The van der Waals surface area contributed by atoms with Crippen molar-refractivity contribution in [1.82, 2.24) is 14.3 Å². The van der Waals surface area contributed by atoms with Crippen molar-refractivity contribution in [2.45, 2.75) is 45.4 Å². The number of aromatic nitrogens is 2. The van der Waals surface area contributed by atoms with Crippen molar-refractivity contribution in [2.24, 2.45) is 0 Å². The summed E-state index contributed by atoms with van der Waals surface area (Å²) < 4.78 is 1.99. The molecular weight excluding hydrogens is 460 g/mol. The second-order valence-corrected chi connectivity index (χ2v) is 10.00. The number of carboxylic acid groups (broad SMARTS) is 1. The predicted molar refractivity (Wildman–Crippen MR) is 134 cm³/mol. The molecule has 33 heavy (non-hydrogen) atoms. The number of aliphatic carboxylic acids is 1. The molecule has 2 fully saturated rings. The predicted octanol–water partition coefficient (Wildman–Crippen LogP) is 3.45. The average molecular weight is 487 g/mol. The third-order valence-electron chi connectivity index (χ3n) is 5.81. The minimum Gasteiger partial charge on any atom is -0.481 e. The molecule has 0 aliphatic carbocycles. The van der Waals surface area contributed by atoms with E-state index in [0.29, 0.717) is 52.1 Å². The van der Waals surface area contributed by atoms with Crippen LogP contribution in [0.5, 0.6) is 0 Å². The maximum Gasteiger partial charge on any atom is 0.303 e. The van der Waals surface area contributed by atoms with E-state index in [-0.39, 0.29) is 17.9 Å². The smallest absolute Gasteiger partial charge is 0.303 e. The van der Waals surface area contributed by atoms with Gasteiger partial charge in [-0.3, -0.25) is 23.7 Å². The number of nitrogens with zero attached hydrogens (tertiary/aromatic N) is 4. The van der Waals surface area contributed by atoms with Crippen molar-refractivity contribution in [2.75, 3.05) is 24.5 Å². The number of carbonyl (C=O) groups excluding carboxylic acids is 1. The van der Waals surface area contributed by atoms with E-state index < -0.39 is 5.97 Å². The van der Waals surface area contributed by atoms with Gasteiger partial charge in [0, 0.05) is 32.3 Å². The van der Waals surface area contributed by atoms with Crippen LogP contribution in [0, 0.1) is 6.92 Å². The van der Waals surface area contributed by atoms with Crippen LogP contribution in [0.15, 0.2) is 28.0 Å². The number of pyridine rings is 1. The number of thioether (sulfide) groups is 1. The summed E-state index contributed by atoms with van der Waals surface area (Å²) in [7, 11) is 0. The summed E-state index contributed by atoms with van der Waals surface area (Å²) in [6, 6.07) is 3.76. The number of hydrogen-bond donors (Lipinski definition) is 1. The fourth-order valence-corrected chi connectivity index (χ4v) is 5.38. The zero-order valence-electron chi connectivity index (χ0n) is 18.5. The van der Waals surface area contributed by atoms with Gasteiger partial charge in [-0.15, -0.1) is 0 Å². The minimum absolute atomic E-state index is 0.121. The molecule has 1 N–H and O–H groups in total. The van der Waals surface area contributed by atoms with E-state index in [1.165, 1.54) is 16.2 Å². The molecule has 2 aliphatic rings. The fraction of sp³-hybridized carbons (Fsp3) is 0.435. The summed E-state index contributed by atoms with van der Waals surface area (Å²) in [6.45, 7) is 4.01. The highest BCUT2D eigenvalue weighted by Gasteiger charge is 2.32. The van der Waals surface area contributed by atoms with E-state index >= 15 is 0 Å². The first kappa shape index (κ1) is 23.4. The molecule has 1 amide bonds. The molecule has 2 aromatic heterocycles. The highest BCUT2D eigenvalue weighted by atomic mass is 32.2. The first-order chi connectivity index (χ1) is 15.8. The highest BCUT2D eigenvalue weighted by Crippen LogP contribution is 2.34. The molecule has 174 valence electrons. The van der Waals surface area contributed by atoms with Crippen molar-refractivity contribution >= 4 is 57.7 Å². The van der Waals surface area contributed by atoms with Gasteiger partial charge < -0.3 is 10.0 Å². The van der Waals surface area contributed by atoms with Crippen molar-refractivity contribution in [1.29, 1.82) is 0 Å². The van der Waals surface area contributed by atoms with Crippen LogP contribution in [0.2, 0.25) is 0 Å². The monoisotopic (exact) mass is 486 g/mol. The lowest BCUT2D eigenvalue weighted by molar-refractivity contribution is -0.137. The van der Waals surface area contributed by atoms with Crippen molar-refractivity contribution in [3.05, 3.63) is 44.7 Å². The van der Waals surface area contributed by atoms with Crippen LogP contribution in [0.1, 0.15) is 49.7 Å². The number of rotatable bonds is 8. The maximum atomic E-state index is 13.5. The summed E-state index contributed by atoms with van der Waals surface area (Å²) >= 11 is 6.62. The lowest BCUT2D eigenvalue weighted by Gasteiger charge is -2.19. The van der Waals surface area contributed by atoms with Gasteiger partial charge >= 0.3 is 5.97 Å². The van der Waals surface area contributed by atoms with Crippen LogP contribution < -0.4 is 10.5 Å². The van der Waals surface area contributed by atoms with E-state index in [1.54, 1.807) is 17.2 Å². The number of unbranched alkanes of at least 4 members (excludes halogenated alkanes) is 2. The Morgan fingerprint density at radius 1 is 1.21 bits per heavy atom. The Hall–Kier alpha value is -2.72. The molecule has 0 spiro atoms. The Kier molecular flexibility index (Phi) is 7.14. The first-order valence-corrected chi connectivity index (χ1v) is 12.3. The maximum absolute atomic E-state index is 13.5. The van der Waals surface area contributed by atoms with Gasteiger partial charge in [-0.05, 0) is 50.3 Å². The van der Waals surface area contributed by atoms with E-state index in [1.807, 2.05) is 19.1 Å². The van der Waals surface area contributed by atoms with Crippen LogP contribution in [0.25, 0.3) is 11.7 Å². The van der Waals surface area contributed by atoms with E-state index in [9.17, 15) is 14.4 Å². The third-order valence-corrected chi connectivity index (χ3v) is 7.19. The molecule has 4 heterocycles. The van der Waals surface area contributed by atoms with Crippen LogP contribution >= 0.6 is 24.0 Å². The number of aryl methyl sites for hydroxylation is 1. The zero-order chi connectivity index (χ0) is 23.5. The van der Waals surface area contributed by atoms with Crippen molar-refractivity contribution in [3.63, 3.8) is 0 Å². The molecule has 4 rings (SSSR count). The molecule has 2 aliphatic heterocycles. The van der Waals surface area contributed by atoms with Gasteiger partial charge in [0.15, 0.2) is 0 Å². The van der Waals surface area contributed by atoms with Gasteiger partial charge in [0.25, 0.3) is 11.5 Å². The third kappa shape index (κ3) is 5.11. The first-order valence-electron chi connectivity index (χ1n) is 11.1. The fourth-order valence-electron chi connectivity index (χ4n) is 4.09. The molecule has 8 nitrogen and oxygen atoms in total. The van der Waals surface area contributed by atoms with Gasteiger partial charge in [0.2, 0.25) is 0 Å². The molecule has 0 atom stereocenters. The number of carbonyl (C=O) groups is 2. The molecule has 0 aromatic carbocycles. The van der Waals surface area contributed by atoms with E-state index in [2.05, 4.69) is 4.90 Å². The second-order valence-electron chi connectivity index (χ2n) is 8.32. The Labute approximate surface area is 201 Å². The van der Waals surface area contributed by atoms with Gasteiger partial charge in [-0.2, -0.15) is 0 Å². The van der Waals surface area contributed by atoms with Crippen LogP contribution in [-0.2, 0) is 9.59 Å². The Bertz CT molecular complexity index is 1200. The molecule has 2 saturated heterocycles. The van der Waals surface area contributed by atoms with Gasteiger partial charge in [0.05, 0.1) is 10.5 Å². The molecular formula is C23H26N4O4S2. The number of anilines is 1. The molecule has 0 unspecified atom stereocenters. The molecule has 2 aromatic rings. The van der Waals surface area contributed by atoms with Gasteiger partial charge in [-0.1, -0.05) is 36.5 Å². The second kappa shape index (κ2) is 10.0. The summed E-state index contributed by atoms with van der Waals surface area (Å²) in [5, 5.41) is 8.76. The lowest BCUT2D eigenvalue weighted by atomic mass is 10.2. The molecule has 0 saturated carbocycles. The standard InChI is InChI=1S/C23H26N4O4S2/c1-15-8-9-18-24-20(25-10-5-6-11-25)16(21(30)27(18)14-15)13-17-22(31)26(23(32)33-17)12-4-2-3-7-19(28)29/h8-9,13-14H,2-7,10-12H2,1H3,(H,28,29)/b17-13+. The Morgan fingerprint density at radius 2 is 1.97 bits per heavy atom. The largest absolute Gasteiger partial charge is 0.481 e. The van der Waals surface area contributed by atoms with Gasteiger partial charge in [0.1, 0.15) is 15.8 Å². The number of amides is 1. The van der Waals surface area contributed by atoms with Crippen molar-refractivity contribution in [3.8, 4) is 0 Å². The molecule has 0 radical (unpaired) electrons. The minimum atomic E-state index is -0.817. The SMILES string of the molecule is Cc1ccc2nc(N3CCCC3)c(/C=C3/SC(=S)N(CCCCCC(=O)O)C3=O)c(=O)n2c1. The molecule has 10 heteroatoms. The van der Waals surface area contributed by atoms with Gasteiger partial charge in [-0.25, -0.2) is 4.98 Å².